The molecule has 0 bridgehead atoms. The molecule has 1 unspecified atom stereocenters. The predicted octanol–water partition coefficient (Wildman–Crippen LogP) is 0.411. The largest absolute Gasteiger partial charge is 0.481 e. The lowest BCUT2D eigenvalue weighted by Gasteiger charge is -2.30. The molecule has 1 saturated heterocycles. The first-order valence-electron chi connectivity index (χ1n) is 5.15. The highest BCUT2D eigenvalue weighted by molar-refractivity contribution is 5.70. The number of hydrogen-bond donors (Lipinski definition) is 2. The third-order valence-electron chi connectivity index (χ3n) is 3.03. The third-order valence-corrected chi connectivity index (χ3v) is 3.03. The zero-order valence-corrected chi connectivity index (χ0v) is 8.65. The van der Waals surface area contributed by atoms with Gasteiger partial charge in [0.1, 0.15) is 0 Å². The molecule has 0 saturated carbocycles. The molecule has 0 aromatic carbocycles. The van der Waals surface area contributed by atoms with Crippen molar-refractivity contribution in [3.8, 4) is 0 Å². The van der Waals surface area contributed by atoms with Gasteiger partial charge in [0.25, 0.3) is 0 Å². The lowest BCUT2D eigenvalue weighted by atomic mass is 9.87. The fourth-order valence-electron chi connectivity index (χ4n) is 1.95. The zero-order chi connectivity index (χ0) is 10.6. The predicted molar refractivity (Wildman–Crippen MR) is 53.0 cm³/mol. The lowest BCUT2D eigenvalue weighted by molar-refractivity contribution is -0.143. The first-order valence-corrected chi connectivity index (χ1v) is 5.15. The molecule has 4 heteroatoms. The van der Waals surface area contributed by atoms with Crippen molar-refractivity contribution >= 4 is 5.97 Å². The maximum Gasteiger partial charge on any atom is 0.308 e. The highest BCUT2D eigenvalue weighted by Crippen LogP contribution is 2.23. The molecule has 1 rings (SSSR count). The van der Waals surface area contributed by atoms with E-state index in [1.165, 1.54) is 0 Å². The second-order valence-electron chi connectivity index (χ2n) is 4.20. The average molecular weight is 201 g/mol. The molecule has 0 aromatic heterocycles. The van der Waals surface area contributed by atoms with Gasteiger partial charge in [0.05, 0.1) is 12.5 Å². The number of piperidine rings is 1. The molecule has 0 radical (unpaired) electrons. The van der Waals surface area contributed by atoms with Crippen LogP contribution in [0.25, 0.3) is 0 Å². The Balaban J connectivity index is 2.32. The summed E-state index contributed by atoms with van der Waals surface area (Å²) < 4.78 is 0. The van der Waals surface area contributed by atoms with E-state index < -0.39 is 11.9 Å². The van der Waals surface area contributed by atoms with Crippen LogP contribution in [0.1, 0.15) is 19.3 Å². The van der Waals surface area contributed by atoms with Crippen LogP contribution >= 0.6 is 0 Å². The van der Waals surface area contributed by atoms with Crippen LogP contribution in [-0.4, -0.2) is 47.8 Å². The van der Waals surface area contributed by atoms with Gasteiger partial charge in [-0.3, -0.25) is 4.79 Å². The summed E-state index contributed by atoms with van der Waals surface area (Å²) in [5, 5.41) is 17.7. The van der Waals surface area contributed by atoms with Crippen molar-refractivity contribution in [2.45, 2.75) is 19.3 Å². The van der Waals surface area contributed by atoms with Crippen LogP contribution in [0.3, 0.4) is 0 Å². The first kappa shape index (κ1) is 11.5. The molecule has 1 heterocycles. The quantitative estimate of drug-likeness (QED) is 0.691. The van der Waals surface area contributed by atoms with Gasteiger partial charge in [-0.2, -0.15) is 0 Å². The first-order chi connectivity index (χ1) is 6.63. The number of aliphatic carboxylic acids is 1. The van der Waals surface area contributed by atoms with Crippen LogP contribution < -0.4 is 0 Å². The van der Waals surface area contributed by atoms with Crippen LogP contribution in [0.4, 0.5) is 0 Å². The molecule has 0 aromatic rings. The summed E-state index contributed by atoms with van der Waals surface area (Å²) in [7, 11) is 2.08. The second kappa shape index (κ2) is 5.32. The smallest absolute Gasteiger partial charge is 0.308 e. The number of carboxylic acids is 1. The average Bonchev–Trinajstić information content (AvgIpc) is 2.16. The molecule has 0 amide bonds. The maximum atomic E-state index is 10.7. The zero-order valence-electron chi connectivity index (χ0n) is 8.65. The van der Waals surface area contributed by atoms with E-state index in [2.05, 4.69) is 11.9 Å². The summed E-state index contributed by atoms with van der Waals surface area (Å²) in [6, 6.07) is 0. The van der Waals surface area contributed by atoms with Gasteiger partial charge in [-0.25, -0.2) is 0 Å². The monoisotopic (exact) mass is 201 g/mol. The maximum absolute atomic E-state index is 10.7. The number of carbonyl (C=O) groups is 1. The Morgan fingerprint density at radius 1 is 1.50 bits per heavy atom. The Morgan fingerprint density at radius 2 is 2.07 bits per heavy atom. The summed E-state index contributed by atoms with van der Waals surface area (Å²) in [6.45, 7) is 1.85. The van der Waals surface area contributed by atoms with E-state index in [4.69, 9.17) is 10.2 Å². The molecular weight excluding hydrogens is 182 g/mol. The van der Waals surface area contributed by atoms with Crippen molar-refractivity contribution in [3.05, 3.63) is 0 Å². The molecule has 0 spiro atoms. The van der Waals surface area contributed by atoms with Crippen molar-refractivity contribution in [2.24, 2.45) is 11.8 Å². The molecule has 4 nitrogen and oxygen atoms in total. The molecular formula is C10H19NO3. The van der Waals surface area contributed by atoms with Gasteiger partial charge in [0.2, 0.25) is 0 Å². The summed E-state index contributed by atoms with van der Waals surface area (Å²) in [5.74, 6) is -0.964. The van der Waals surface area contributed by atoms with E-state index in [0.29, 0.717) is 12.3 Å². The normalized spacial score (nSPS) is 22.1. The minimum Gasteiger partial charge on any atom is -0.481 e. The number of rotatable bonds is 4. The molecule has 2 N–H and O–H groups in total. The van der Waals surface area contributed by atoms with Crippen LogP contribution in [0, 0.1) is 11.8 Å². The number of carboxylic acid groups (broad SMARTS) is 1. The van der Waals surface area contributed by atoms with Crippen LogP contribution in [0.15, 0.2) is 0 Å². The van der Waals surface area contributed by atoms with E-state index in [1.54, 1.807) is 0 Å². The van der Waals surface area contributed by atoms with E-state index >= 15 is 0 Å². The van der Waals surface area contributed by atoms with E-state index in [0.717, 1.165) is 25.9 Å². The minimum atomic E-state index is -0.869. The number of nitrogens with zero attached hydrogens (tertiary/aromatic N) is 1. The van der Waals surface area contributed by atoms with Crippen molar-refractivity contribution in [1.82, 2.24) is 4.90 Å². The van der Waals surface area contributed by atoms with Gasteiger partial charge < -0.3 is 15.1 Å². The minimum absolute atomic E-state index is 0.234. The summed E-state index contributed by atoms with van der Waals surface area (Å²) in [6.07, 6.45) is 2.74. The van der Waals surface area contributed by atoms with Gasteiger partial charge in [0.15, 0.2) is 0 Å². The summed E-state index contributed by atoms with van der Waals surface area (Å²) in [4.78, 5) is 13.0. The summed E-state index contributed by atoms with van der Waals surface area (Å²) >= 11 is 0. The van der Waals surface area contributed by atoms with Gasteiger partial charge in [-0.15, -0.1) is 0 Å². The number of likely N-dealkylation sites (tertiary alicyclic amines) is 1. The van der Waals surface area contributed by atoms with Crippen molar-refractivity contribution < 1.29 is 15.0 Å². The fourth-order valence-corrected chi connectivity index (χ4v) is 1.95. The number of aliphatic hydroxyl groups excluding tert-OH is 1. The number of hydrogen-bond acceptors (Lipinski definition) is 3. The van der Waals surface area contributed by atoms with Gasteiger partial charge in [0, 0.05) is 0 Å². The second-order valence-corrected chi connectivity index (χ2v) is 4.20. The molecule has 82 valence electrons. The molecule has 14 heavy (non-hydrogen) atoms. The van der Waals surface area contributed by atoms with E-state index in [9.17, 15) is 4.79 Å². The van der Waals surface area contributed by atoms with Crippen LogP contribution in [-0.2, 0) is 4.79 Å². The summed E-state index contributed by atoms with van der Waals surface area (Å²) in [5.41, 5.74) is 0. The lowest BCUT2D eigenvalue weighted by Crippen LogP contribution is -2.32. The molecule has 1 atom stereocenters. The Bertz CT molecular complexity index is 188. The highest BCUT2D eigenvalue weighted by atomic mass is 16.4. The van der Waals surface area contributed by atoms with Crippen LogP contribution in [0.2, 0.25) is 0 Å². The van der Waals surface area contributed by atoms with Crippen molar-refractivity contribution in [2.75, 3.05) is 26.7 Å². The Kier molecular flexibility index (Phi) is 4.35. The topological polar surface area (TPSA) is 60.8 Å². The van der Waals surface area contributed by atoms with Gasteiger partial charge in [-0.1, -0.05) is 0 Å². The molecule has 1 aliphatic heterocycles. The molecule has 1 aliphatic rings. The van der Waals surface area contributed by atoms with Crippen molar-refractivity contribution in [1.29, 1.82) is 0 Å². The molecule has 1 fully saturated rings. The standard InChI is InChI=1S/C10H19NO3/c1-11-4-2-8(3-5-11)6-9(7-12)10(13)14/h8-9,12H,2-7H2,1H3,(H,13,14). The van der Waals surface area contributed by atoms with Crippen LogP contribution in [0.5, 0.6) is 0 Å². The van der Waals surface area contributed by atoms with Crippen molar-refractivity contribution in [3.63, 3.8) is 0 Å². The van der Waals surface area contributed by atoms with E-state index in [1.807, 2.05) is 0 Å². The van der Waals surface area contributed by atoms with Gasteiger partial charge in [-0.05, 0) is 45.3 Å². The van der Waals surface area contributed by atoms with E-state index in [-0.39, 0.29) is 6.61 Å². The SMILES string of the molecule is CN1CCC(CC(CO)C(=O)O)CC1. The fraction of sp³-hybridized carbons (Fsp3) is 0.900. The third kappa shape index (κ3) is 3.27. The highest BCUT2D eigenvalue weighted by Gasteiger charge is 2.24. The Hall–Kier alpha value is -0.610. The Labute approximate surface area is 84.5 Å². The Morgan fingerprint density at radius 3 is 2.50 bits per heavy atom. The number of aliphatic hydroxyl groups is 1. The van der Waals surface area contributed by atoms with Gasteiger partial charge >= 0.3 is 5.97 Å². The molecule has 0 aliphatic carbocycles.